The molecule has 1 aromatic carbocycles. The molecule has 3 rings (SSSR count). The second-order valence-corrected chi connectivity index (χ2v) is 6.52. The molecule has 2 saturated carbocycles. The van der Waals surface area contributed by atoms with Crippen molar-refractivity contribution in [3.8, 4) is 0 Å². The van der Waals surface area contributed by atoms with Crippen molar-refractivity contribution in [2.45, 2.75) is 25.7 Å². The Kier molecular flexibility index (Phi) is 3.89. The smallest absolute Gasteiger partial charge is 0.323 e. The molecular formula is C16H18ClNO3. The Morgan fingerprint density at radius 3 is 2.67 bits per heavy atom. The predicted molar refractivity (Wildman–Crippen MR) is 80.4 cm³/mol. The number of anilines is 1. The molecule has 1 aromatic rings. The maximum atomic E-state index is 12.8. The topological polar surface area (TPSA) is 57.6 Å². The first-order chi connectivity index (χ1) is 10.0. The summed E-state index contributed by atoms with van der Waals surface area (Å²) in [4.78, 5) is 25.3. The molecule has 2 bridgehead atoms. The summed E-state index contributed by atoms with van der Waals surface area (Å²) in [5.41, 5.74) is 0.567. The summed E-state index contributed by atoms with van der Waals surface area (Å²) >= 11 is 5.97. The molecule has 2 aliphatic rings. The van der Waals surface area contributed by atoms with Gasteiger partial charge in [-0.1, -0.05) is 24.1 Å². The van der Waals surface area contributed by atoms with Crippen LogP contribution < -0.4 is 4.90 Å². The number of fused-ring (bicyclic) bond motifs is 2. The van der Waals surface area contributed by atoms with Crippen molar-refractivity contribution in [2.75, 3.05) is 11.4 Å². The summed E-state index contributed by atoms with van der Waals surface area (Å²) in [5.74, 6) is -0.0200. The van der Waals surface area contributed by atoms with E-state index in [1.54, 1.807) is 24.3 Å². The van der Waals surface area contributed by atoms with Crippen molar-refractivity contribution in [3.05, 3.63) is 29.3 Å². The molecule has 0 spiro atoms. The molecule has 5 heteroatoms. The Balaban J connectivity index is 1.85. The highest BCUT2D eigenvalue weighted by molar-refractivity contribution is 6.31. The van der Waals surface area contributed by atoms with Gasteiger partial charge in [-0.15, -0.1) is 0 Å². The number of nitrogens with zero attached hydrogens (tertiary/aromatic N) is 1. The van der Waals surface area contributed by atoms with E-state index in [2.05, 4.69) is 0 Å². The SMILES string of the molecule is O=C(O)CN(C(=O)C1CC2CCC1C2)c1cccc(Cl)c1. The third-order valence-electron chi connectivity index (χ3n) is 4.73. The fourth-order valence-electron chi connectivity index (χ4n) is 3.82. The van der Waals surface area contributed by atoms with E-state index in [9.17, 15) is 9.59 Å². The first kappa shape index (κ1) is 14.4. The molecule has 3 atom stereocenters. The second-order valence-electron chi connectivity index (χ2n) is 6.08. The van der Waals surface area contributed by atoms with Crippen molar-refractivity contribution in [2.24, 2.45) is 17.8 Å². The predicted octanol–water partition coefficient (Wildman–Crippen LogP) is 3.19. The Hall–Kier alpha value is -1.55. The fourth-order valence-corrected chi connectivity index (χ4v) is 4.01. The minimum atomic E-state index is -1.01. The molecule has 1 N–H and O–H groups in total. The lowest BCUT2D eigenvalue weighted by Gasteiger charge is -2.28. The van der Waals surface area contributed by atoms with Gasteiger partial charge in [-0.3, -0.25) is 9.59 Å². The van der Waals surface area contributed by atoms with Gasteiger partial charge in [0, 0.05) is 16.6 Å². The van der Waals surface area contributed by atoms with E-state index >= 15 is 0 Å². The largest absolute Gasteiger partial charge is 0.480 e. The molecule has 2 aliphatic carbocycles. The monoisotopic (exact) mass is 307 g/mol. The van der Waals surface area contributed by atoms with Crippen molar-refractivity contribution in [1.29, 1.82) is 0 Å². The number of halogens is 1. The lowest BCUT2D eigenvalue weighted by Crippen LogP contribution is -2.41. The second kappa shape index (κ2) is 5.68. The van der Waals surface area contributed by atoms with Crippen LogP contribution in [0.1, 0.15) is 25.7 Å². The average Bonchev–Trinajstić information content (AvgIpc) is 3.06. The molecule has 0 aliphatic heterocycles. The lowest BCUT2D eigenvalue weighted by molar-refractivity contribution is -0.137. The van der Waals surface area contributed by atoms with Crippen LogP contribution in [0.5, 0.6) is 0 Å². The first-order valence-electron chi connectivity index (χ1n) is 7.33. The normalized spacial score (nSPS) is 26.8. The molecule has 1 amide bonds. The zero-order valence-electron chi connectivity index (χ0n) is 11.7. The van der Waals surface area contributed by atoms with E-state index in [0.29, 0.717) is 22.5 Å². The van der Waals surface area contributed by atoms with Crippen LogP contribution in [-0.4, -0.2) is 23.5 Å². The molecule has 21 heavy (non-hydrogen) atoms. The third-order valence-corrected chi connectivity index (χ3v) is 4.97. The number of carboxylic acids is 1. The summed E-state index contributed by atoms with van der Waals surface area (Å²) in [6.45, 7) is -0.312. The van der Waals surface area contributed by atoms with Gasteiger partial charge in [0.25, 0.3) is 0 Å². The Bertz CT molecular complexity index is 574. The summed E-state index contributed by atoms with van der Waals surface area (Å²) in [7, 11) is 0. The number of hydrogen-bond acceptors (Lipinski definition) is 2. The number of amides is 1. The van der Waals surface area contributed by atoms with Crippen LogP contribution in [-0.2, 0) is 9.59 Å². The average molecular weight is 308 g/mol. The summed E-state index contributed by atoms with van der Waals surface area (Å²) in [6.07, 6.45) is 4.33. The molecule has 0 radical (unpaired) electrons. The van der Waals surface area contributed by atoms with Gasteiger partial charge in [0.05, 0.1) is 0 Å². The first-order valence-corrected chi connectivity index (χ1v) is 7.71. The highest BCUT2D eigenvalue weighted by atomic mass is 35.5. The maximum absolute atomic E-state index is 12.8. The van der Waals surface area contributed by atoms with E-state index in [0.717, 1.165) is 19.3 Å². The molecule has 0 saturated heterocycles. The van der Waals surface area contributed by atoms with E-state index in [-0.39, 0.29) is 18.4 Å². The van der Waals surface area contributed by atoms with Crippen molar-refractivity contribution >= 4 is 29.2 Å². The maximum Gasteiger partial charge on any atom is 0.323 e. The van der Waals surface area contributed by atoms with Gasteiger partial charge in [-0.2, -0.15) is 0 Å². The molecule has 0 heterocycles. The minimum absolute atomic E-state index is 0.0259. The van der Waals surface area contributed by atoms with Crippen LogP contribution in [0.4, 0.5) is 5.69 Å². The van der Waals surface area contributed by atoms with Crippen LogP contribution in [0, 0.1) is 17.8 Å². The van der Waals surface area contributed by atoms with Gasteiger partial charge >= 0.3 is 5.97 Å². The molecule has 112 valence electrons. The third kappa shape index (κ3) is 2.91. The Labute approximate surface area is 128 Å². The Morgan fingerprint density at radius 2 is 2.10 bits per heavy atom. The Morgan fingerprint density at radius 1 is 1.29 bits per heavy atom. The van der Waals surface area contributed by atoms with Gasteiger partial charge in [-0.05, 0) is 49.3 Å². The molecule has 3 unspecified atom stereocenters. The summed E-state index contributed by atoms with van der Waals surface area (Å²) < 4.78 is 0. The van der Waals surface area contributed by atoms with Crippen LogP contribution in [0.3, 0.4) is 0 Å². The zero-order chi connectivity index (χ0) is 15.0. The quantitative estimate of drug-likeness (QED) is 0.929. The number of benzene rings is 1. The van der Waals surface area contributed by atoms with Crippen LogP contribution >= 0.6 is 11.6 Å². The van der Waals surface area contributed by atoms with Gasteiger partial charge in [-0.25, -0.2) is 0 Å². The van der Waals surface area contributed by atoms with Crippen molar-refractivity contribution in [1.82, 2.24) is 0 Å². The summed E-state index contributed by atoms with van der Waals surface area (Å²) in [6, 6.07) is 6.84. The summed E-state index contributed by atoms with van der Waals surface area (Å²) in [5, 5.41) is 9.61. The molecule has 0 aromatic heterocycles. The molecular weight excluding hydrogens is 290 g/mol. The van der Waals surface area contributed by atoms with Gasteiger partial charge in [0.2, 0.25) is 5.91 Å². The van der Waals surface area contributed by atoms with Gasteiger partial charge in [0.15, 0.2) is 0 Å². The zero-order valence-corrected chi connectivity index (χ0v) is 12.4. The van der Waals surface area contributed by atoms with Gasteiger partial charge < -0.3 is 10.0 Å². The standard InChI is InChI=1S/C16H18ClNO3/c17-12-2-1-3-13(8-12)18(9-15(19)20)16(21)14-7-10-4-5-11(14)6-10/h1-3,8,10-11,14H,4-7,9H2,(H,19,20). The van der Waals surface area contributed by atoms with E-state index in [1.165, 1.54) is 11.3 Å². The van der Waals surface area contributed by atoms with E-state index < -0.39 is 5.97 Å². The highest BCUT2D eigenvalue weighted by Crippen LogP contribution is 2.49. The number of carboxylic acid groups (broad SMARTS) is 1. The van der Waals surface area contributed by atoms with Crippen LogP contribution in [0.25, 0.3) is 0 Å². The molecule has 2 fully saturated rings. The highest BCUT2D eigenvalue weighted by Gasteiger charge is 2.44. The number of rotatable bonds is 4. The number of hydrogen-bond donors (Lipinski definition) is 1. The number of carbonyl (C=O) groups excluding carboxylic acids is 1. The van der Waals surface area contributed by atoms with Gasteiger partial charge in [0.1, 0.15) is 6.54 Å². The fraction of sp³-hybridized carbons (Fsp3) is 0.500. The van der Waals surface area contributed by atoms with E-state index in [4.69, 9.17) is 16.7 Å². The van der Waals surface area contributed by atoms with Crippen LogP contribution in [0.15, 0.2) is 24.3 Å². The minimum Gasteiger partial charge on any atom is -0.480 e. The van der Waals surface area contributed by atoms with Crippen molar-refractivity contribution < 1.29 is 14.7 Å². The number of aliphatic carboxylic acids is 1. The lowest BCUT2D eigenvalue weighted by atomic mass is 9.87. The van der Waals surface area contributed by atoms with Crippen molar-refractivity contribution in [3.63, 3.8) is 0 Å². The van der Waals surface area contributed by atoms with Crippen LogP contribution in [0.2, 0.25) is 5.02 Å². The molecule has 4 nitrogen and oxygen atoms in total. The van der Waals surface area contributed by atoms with E-state index in [1.807, 2.05) is 0 Å². The number of carbonyl (C=O) groups is 2.